The van der Waals surface area contributed by atoms with Gasteiger partial charge in [-0.05, 0) is 29.7 Å². The van der Waals surface area contributed by atoms with Gasteiger partial charge in [0.1, 0.15) is 11.6 Å². The van der Waals surface area contributed by atoms with Gasteiger partial charge in [-0.1, -0.05) is 42.5 Å². The van der Waals surface area contributed by atoms with Crippen LogP contribution in [0.15, 0.2) is 54.7 Å². The van der Waals surface area contributed by atoms with Crippen LogP contribution in [0.3, 0.4) is 0 Å². The van der Waals surface area contributed by atoms with Gasteiger partial charge in [0.2, 0.25) is 5.91 Å². The summed E-state index contributed by atoms with van der Waals surface area (Å²) in [6.07, 6.45) is 2.82. The van der Waals surface area contributed by atoms with Crippen molar-refractivity contribution in [3.05, 3.63) is 71.7 Å². The summed E-state index contributed by atoms with van der Waals surface area (Å²) in [6.45, 7) is 2.53. The smallest absolute Gasteiger partial charge is 0.224 e. The first-order valence-electron chi connectivity index (χ1n) is 8.65. The topological polar surface area (TPSA) is 67.0 Å². The summed E-state index contributed by atoms with van der Waals surface area (Å²) in [5.41, 5.74) is 4.08. The second-order valence-electron chi connectivity index (χ2n) is 6.19. The van der Waals surface area contributed by atoms with Crippen molar-refractivity contribution in [2.45, 2.75) is 19.8 Å². The Labute approximate surface area is 153 Å². The first-order chi connectivity index (χ1) is 12.7. The lowest BCUT2D eigenvalue weighted by Gasteiger charge is -2.08. The molecule has 1 amide bonds. The maximum Gasteiger partial charge on any atom is 0.224 e. The molecular weight excluding hydrogens is 326 g/mol. The number of benzene rings is 2. The van der Waals surface area contributed by atoms with Gasteiger partial charge in [0.15, 0.2) is 0 Å². The molecule has 0 aliphatic heterocycles. The van der Waals surface area contributed by atoms with E-state index in [2.05, 4.69) is 15.3 Å². The molecule has 3 rings (SSSR count). The minimum absolute atomic E-state index is 0.00857. The van der Waals surface area contributed by atoms with E-state index in [1.807, 2.05) is 61.7 Å². The van der Waals surface area contributed by atoms with Gasteiger partial charge in [-0.3, -0.25) is 4.79 Å². The van der Waals surface area contributed by atoms with Crippen LogP contribution in [0.4, 0.5) is 0 Å². The van der Waals surface area contributed by atoms with E-state index in [1.54, 1.807) is 7.11 Å². The van der Waals surface area contributed by atoms with Crippen molar-refractivity contribution < 1.29 is 9.53 Å². The van der Waals surface area contributed by atoms with Crippen LogP contribution in [0, 0.1) is 6.92 Å². The van der Waals surface area contributed by atoms with Gasteiger partial charge < -0.3 is 15.0 Å². The van der Waals surface area contributed by atoms with Crippen LogP contribution in [0.1, 0.15) is 17.0 Å². The molecule has 2 aromatic carbocycles. The van der Waals surface area contributed by atoms with E-state index >= 15 is 0 Å². The van der Waals surface area contributed by atoms with E-state index in [0.29, 0.717) is 19.4 Å². The van der Waals surface area contributed by atoms with Crippen molar-refractivity contribution in [3.63, 3.8) is 0 Å². The van der Waals surface area contributed by atoms with E-state index in [9.17, 15) is 4.79 Å². The molecule has 26 heavy (non-hydrogen) atoms. The molecule has 0 saturated carbocycles. The molecule has 0 aliphatic rings. The maximum atomic E-state index is 12.1. The monoisotopic (exact) mass is 349 g/mol. The number of amides is 1. The van der Waals surface area contributed by atoms with Gasteiger partial charge in [0.25, 0.3) is 0 Å². The number of nitrogens with zero attached hydrogens (tertiary/aromatic N) is 1. The zero-order chi connectivity index (χ0) is 18.4. The zero-order valence-electron chi connectivity index (χ0n) is 15.1. The summed E-state index contributed by atoms with van der Waals surface area (Å²) in [5, 5.41) is 2.94. The fourth-order valence-corrected chi connectivity index (χ4v) is 2.80. The van der Waals surface area contributed by atoms with Gasteiger partial charge in [0, 0.05) is 13.0 Å². The van der Waals surface area contributed by atoms with Crippen LogP contribution in [-0.2, 0) is 17.6 Å². The number of ether oxygens (including phenoxy) is 1. The minimum Gasteiger partial charge on any atom is -0.496 e. The van der Waals surface area contributed by atoms with Crippen LogP contribution in [0.25, 0.3) is 11.3 Å². The number of imidazole rings is 1. The summed E-state index contributed by atoms with van der Waals surface area (Å²) in [6, 6.07) is 15.9. The highest BCUT2D eigenvalue weighted by Crippen LogP contribution is 2.19. The number of hydrogen-bond donors (Lipinski definition) is 2. The van der Waals surface area contributed by atoms with Crippen molar-refractivity contribution >= 4 is 5.91 Å². The second kappa shape index (κ2) is 8.34. The Balaban J connectivity index is 1.49. The summed E-state index contributed by atoms with van der Waals surface area (Å²) in [5.74, 6) is 1.66. The van der Waals surface area contributed by atoms with Crippen LogP contribution < -0.4 is 10.1 Å². The summed E-state index contributed by atoms with van der Waals surface area (Å²) in [7, 11) is 1.64. The van der Waals surface area contributed by atoms with Crippen molar-refractivity contribution in [3.8, 4) is 17.0 Å². The lowest BCUT2D eigenvalue weighted by atomic mass is 10.1. The highest BCUT2D eigenvalue weighted by molar-refractivity contribution is 5.78. The van der Waals surface area contributed by atoms with Crippen LogP contribution in [0.5, 0.6) is 5.75 Å². The normalized spacial score (nSPS) is 10.5. The Bertz CT molecular complexity index is 872. The molecule has 5 heteroatoms. The van der Waals surface area contributed by atoms with Crippen molar-refractivity contribution in [1.29, 1.82) is 0 Å². The quantitative estimate of drug-likeness (QED) is 0.688. The highest BCUT2D eigenvalue weighted by atomic mass is 16.5. The summed E-state index contributed by atoms with van der Waals surface area (Å²) < 4.78 is 5.30. The van der Waals surface area contributed by atoms with Gasteiger partial charge in [-0.2, -0.15) is 0 Å². The average molecular weight is 349 g/mol. The number of carbonyl (C=O) groups excluding carboxylic acids is 1. The molecule has 134 valence electrons. The molecule has 5 nitrogen and oxygen atoms in total. The number of aryl methyl sites for hydroxylation is 1. The van der Waals surface area contributed by atoms with E-state index in [4.69, 9.17) is 4.74 Å². The molecule has 0 spiro atoms. The Kier molecular flexibility index (Phi) is 5.69. The summed E-state index contributed by atoms with van der Waals surface area (Å²) >= 11 is 0. The molecule has 0 saturated heterocycles. The third-order valence-corrected chi connectivity index (χ3v) is 4.23. The fraction of sp³-hybridized carbons (Fsp3) is 0.238. The van der Waals surface area contributed by atoms with Crippen LogP contribution >= 0.6 is 0 Å². The number of carbonyl (C=O) groups is 1. The number of hydrogen-bond acceptors (Lipinski definition) is 3. The zero-order valence-corrected chi connectivity index (χ0v) is 15.1. The SMILES string of the molecule is COc1cc(CC(=O)NCCc2ncc(-c3ccccc3)[nH]2)ccc1C. The number of H-pyrrole nitrogens is 1. The molecule has 0 unspecified atom stereocenters. The third kappa shape index (κ3) is 4.51. The van der Waals surface area contributed by atoms with Gasteiger partial charge >= 0.3 is 0 Å². The molecule has 0 radical (unpaired) electrons. The molecule has 0 fully saturated rings. The Morgan fingerprint density at radius 1 is 1.19 bits per heavy atom. The van der Waals surface area contributed by atoms with Crippen molar-refractivity contribution in [2.24, 2.45) is 0 Å². The maximum absolute atomic E-state index is 12.1. The largest absolute Gasteiger partial charge is 0.496 e. The first kappa shape index (κ1) is 17.7. The van der Waals surface area contributed by atoms with E-state index in [0.717, 1.165) is 34.0 Å². The van der Waals surface area contributed by atoms with Crippen LogP contribution in [0.2, 0.25) is 0 Å². The molecule has 2 N–H and O–H groups in total. The van der Waals surface area contributed by atoms with Gasteiger partial charge in [0.05, 0.1) is 25.4 Å². The Morgan fingerprint density at radius 3 is 2.77 bits per heavy atom. The predicted molar refractivity (Wildman–Crippen MR) is 102 cm³/mol. The molecule has 3 aromatic rings. The van der Waals surface area contributed by atoms with Crippen molar-refractivity contribution in [1.82, 2.24) is 15.3 Å². The van der Waals surface area contributed by atoms with Gasteiger partial charge in [-0.15, -0.1) is 0 Å². The van der Waals surface area contributed by atoms with E-state index in [1.165, 1.54) is 0 Å². The molecule has 0 atom stereocenters. The predicted octanol–water partition coefficient (Wildman–Crippen LogP) is 3.30. The Morgan fingerprint density at radius 2 is 2.00 bits per heavy atom. The summed E-state index contributed by atoms with van der Waals surface area (Å²) in [4.78, 5) is 19.8. The molecule has 1 heterocycles. The van der Waals surface area contributed by atoms with E-state index in [-0.39, 0.29) is 5.91 Å². The molecule has 0 bridgehead atoms. The molecule has 0 aliphatic carbocycles. The lowest BCUT2D eigenvalue weighted by Crippen LogP contribution is -2.27. The highest BCUT2D eigenvalue weighted by Gasteiger charge is 2.07. The van der Waals surface area contributed by atoms with E-state index < -0.39 is 0 Å². The van der Waals surface area contributed by atoms with Crippen LogP contribution in [-0.4, -0.2) is 29.5 Å². The minimum atomic E-state index is -0.00857. The average Bonchev–Trinajstić information content (AvgIpc) is 3.13. The number of nitrogens with one attached hydrogen (secondary N) is 2. The number of methoxy groups -OCH3 is 1. The second-order valence-corrected chi connectivity index (χ2v) is 6.19. The lowest BCUT2D eigenvalue weighted by molar-refractivity contribution is -0.120. The number of aromatic nitrogens is 2. The Hall–Kier alpha value is -3.08. The number of aromatic amines is 1. The standard InChI is InChI=1S/C21H23N3O2/c1-15-8-9-16(12-19(15)26-2)13-21(25)22-11-10-20-23-14-18(24-20)17-6-4-3-5-7-17/h3-9,12,14H,10-11,13H2,1-2H3,(H,22,25)(H,23,24). The number of rotatable bonds is 7. The van der Waals surface area contributed by atoms with Crippen molar-refractivity contribution in [2.75, 3.05) is 13.7 Å². The fourth-order valence-electron chi connectivity index (χ4n) is 2.80. The molecule has 1 aromatic heterocycles. The van der Waals surface area contributed by atoms with Gasteiger partial charge in [-0.25, -0.2) is 4.98 Å². The first-order valence-corrected chi connectivity index (χ1v) is 8.65. The third-order valence-electron chi connectivity index (χ3n) is 4.23. The molecular formula is C21H23N3O2.